The number of benzene rings is 1. The highest BCUT2D eigenvalue weighted by Gasteiger charge is 2.63. The van der Waals surface area contributed by atoms with E-state index >= 15 is 0 Å². The molecule has 0 saturated heterocycles. The van der Waals surface area contributed by atoms with Crippen LogP contribution in [0.25, 0.3) is 0 Å². The zero-order chi connectivity index (χ0) is 23.1. The van der Waals surface area contributed by atoms with Gasteiger partial charge >= 0.3 is 18.3 Å². The molecule has 1 aliphatic carbocycles. The number of halogens is 8. The molecule has 2 rings (SSSR count). The molecule has 1 aromatic rings. The summed E-state index contributed by atoms with van der Waals surface area (Å²) < 4.78 is 103. The predicted molar refractivity (Wildman–Crippen MR) is 92.8 cm³/mol. The average Bonchev–Trinajstić information content (AvgIpc) is 3.15. The Morgan fingerprint density at radius 2 is 1.80 bits per heavy atom. The Morgan fingerprint density at radius 1 is 1.20 bits per heavy atom. The van der Waals surface area contributed by atoms with Crippen LogP contribution in [-0.2, 0) is 15.6 Å². The lowest BCUT2D eigenvalue weighted by atomic mass is 10.1. The number of esters is 1. The highest BCUT2D eigenvalue weighted by molar-refractivity contribution is 6.30. The fourth-order valence-corrected chi connectivity index (χ4v) is 3.09. The molecule has 3 nitrogen and oxygen atoms in total. The molecule has 1 aromatic carbocycles. The standard InChI is InChI=1S/C19H16ClF7O3/c1-4-7-29-11-6-5-9(14(21)15(11)22)19(26,27)30-16(28)13-10(17(13,2)3)8-12(20)18(23,24)25/h4-6,8,10,13H,1,7H2,2-3H3. The highest BCUT2D eigenvalue weighted by Crippen LogP contribution is 2.61. The van der Waals surface area contributed by atoms with Crippen LogP contribution < -0.4 is 4.74 Å². The van der Waals surface area contributed by atoms with Crippen molar-refractivity contribution in [2.24, 2.45) is 17.3 Å². The smallest absolute Gasteiger partial charge is 0.431 e. The number of allylic oxidation sites excluding steroid dienone is 2. The summed E-state index contributed by atoms with van der Waals surface area (Å²) in [5, 5.41) is -1.51. The first-order chi connectivity index (χ1) is 13.6. The summed E-state index contributed by atoms with van der Waals surface area (Å²) >= 11 is 5.13. The molecule has 0 bridgehead atoms. The van der Waals surface area contributed by atoms with Gasteiger partial charge < -0.3 is 9.47 Å². The molecule has 0 amide bonds. The van der Waals surface area contributed by atoms with Crippen molar-refractivity contribution >= 4 is 17.6 Å². The lowest BCUT2D eigenvalue weighted by Crippen LogP contribution is -2.26. The van der Waals surface area contributed by atoms with Crippen LogP contribution in [0.3, 0.4) is 0 Å². The Bertz CT molecular complexity index is 878. The van der Waals surface area contributed by atoms with Gasteiger partial charge in [0, 0.05) is 0 Å². The van der Waals surface area contributed by atoms with Gasteiger partial charge in [-0.2, -0.15) is 26.3 Å². The lowest BCUT2D eigenvalue weighted by Gasteiger charge is -2.19. The van der Waals surface area contributed by atoms with Crippen molar-refractivity contribution in [1.29, 1.82) is 0 Å². The number of carbonyl (C=O) groups excluding carboxylic acids is 1. The van der Waals surface area contributed by atoms with E-state index in [1.165, 1.54) is 19.9 Å². The summed E-state index contributed by atoms with van der Waals surface area (Å²) in [5.74, 6) is -8.48. The molecule has 2 atom stereocenters. The maximum atomic E-state index is 14.3. The molecule has 0 radical (unpaired) electrons. The monoisotopic (exact) mass is 460 g/mol. The van der Waals surface area contributed by atoms with Gasteiger partial charge in [-0.25, -0.2) is 4.39 Å². The minimum absolute atomic E-state index is 0.215. The third-order valence-corrected chi connectivity index (χ3v) is 5.05. The van der Waals surface area contributed by atoms with Gasteiger partial charge in [0.1, 0.15) is 17.2 Å². The maximum Gasteiger partial charge on any atom is 0.431 e. The third kappa shape index (κ3) is 4.74. The van der Waals surface area contributed by atoms with E-state index in [4.69, 9.17) is 16.3 Å². The van der Waals surface area contributed by atoms with Crippen LogP contribution in [0.15, 0.2) is 35.9 Å². The van der Waals surface area contributed by atoms with Crippen LogP contribution in [0.2, 0.25) is 0 Å². The van der Waals surface area contributed by atoms with Crippen molar-refractivity contribution in [3.8, 4) is 5.75 Å². The van der Waals surface area contributed by atoms with Crippen LogP contribution in [0.1, 0.15) is 19.4 Å². The van der Waals surface area contributed by atoms with Crippen molar-refractivity contribution in [3.05, 3.63) is 53.1 Å². The first kappa shape index (κ1) is 24.0. The Balaban J connectivity index is 2.22. The summed E-state index contributed by atoms with van der Waals surface area (Å²) in [7, 11) is 0. The van der Waals surface area contributed by atoms with Crippen molar-refractivity contribution in [2.75, 3.05) is 6.61 Å². The zero-order valence-corrected chi connectivity index (χ0v) is 16.4. The molecule has 166 valence electrons. The van der Waals surface area contributed by atoms with Gasteiger partial charge in [0.2, 0.25) is 5.82 Å². The molecule has 30 heavy (non-hydrogen) atoms. The summed E-state index contributed by atoms with van der Waals surface area (Å²) in [6.45, 7) is 5.78. The zero-order valence-electron chi connectivity index (χ0n) is 15.6. The Labute approximate surface area is 172 Å². The van der Waals surface area contributed by atoms with Crippen molar-refractivity contribution in [2.45, 2.75) is 26.1 Å². The lowest BCUT2D eigenvalue weighted by molar-refractivity contribution is -0.243. The minimum Gasteiger partial charge on any atom is -0.486 e. The Morgan fingerprint density at radius 3 is 2.33 bits per heavy atom. The van der Waals surface area contributed by atoms with E-state index in [1.54, 1.807) is 0 Å². The van der Waals surface area contributed by atoms with Crippen LogP contribution in [-0.4, -0.2) is 18.8 Å². The molecule has 0 N–H and O–H groups in total. The number of hydrogen-bond acceptors (Lipinski definition) is 3. The largest absolute Gasteiger partial charge is 0.486 e. The summed E-state index contributed by atoms with van der Waals surface area (Å²) in [6, 6.07) is 1.19. The first-order valence-electron chi connectivity index (χ1n) is 8.42. The van der Waals surface area contributed by atoms with E-state index in [1.807, 2.05) is 0 Å². The van der Waals surface area contributed by atoms with Crippen molar-refractivity contribution < 1.29 is 45.0 Å². The predicted octanol–water partition coefficient (Wildman–Crippen LogP) is 6.08. The number of rotatable bonds is 7. The summed E-state index contributed by atoms with van der Waals surface area (Å²) in [5.41, 5.74) is -2.73. The average molecular weight is 461 g/mol. The molecular weight excluding hydrogens is 445 g/mol. The van der Waals surface area contributed by atoms with Crippen LogP contribution in [0, 0.1) is 28.9 Å². The molecule has 1 aliphatic rings. The van der Waals surface area contributed by atoms with Crippen LogP contribution >= 0.6 is 11.6 Å². The van der Waals surface area contributed by atoms with Gasteiger partial charge in [-0.1, -0.05) is 44.2 Å². The molecule has 0 aromatic heterocycles. The molecule has 1 fully saturated rings. The third-order valence-electron chi connectivity index (χ3n) is 4.71. The van der Waals surface area contributed by atoms with E-state index in [9.17, 15) is 35.5 Å². The van der Waals surface area contributed by atoms with E-state index in [-0.39, 0.29) is 6.61 Å². The quantitative estimate of drug-likeness (QED) is 0.281. The second-order valence-corrected chi connectivity index (χ2v) is 7.52. The summed E-state index contributed by atoms with van der Waals surface area (Å²) in [6.07, 6.45) is -7.69. The van der Waals surface area contributed by atoms with Gasteiger partial charge in [0.25, 0.3) is 0 Å². The van der Waals surface area contributed by atoms with Gasteiger partial charge in [-0.15, -0.1) is 0 Å². The Kier molecular flexibility index (Phi) is 6.51. The first-order valence-corrected chi connectivity index (χ1v) is 8.79. The Hall–Kier alpha value is -2.23. The SMILES string of the molecule is C=CCOc1ccc(C(F)(F)OC(=O)C2C(C=C(Cl)C(F)(F)F)C2(C)C)c(F)c1F. The van der Waals surface area contributed by atoms with E-state index < -0.39 is 63.5 Å². The number of carbonyl (C=O) groups is 1. The molecule has 11 heteroatoms. The molecule has 0 heterocycles. The van der Waals surface area contributed by atoms with Crippen LogP contribution in [0.4, 0.5) is 30.7 Å². The van der Waals surface area contributed by atoms with Gasteiger partial charge in [0.05, 0.1) is 5.92 Å². The van der Waals surface area contributed by atoms with Gasteiger partial charge in [0.15, 0.2) is 11.6 Å². The number of ether oxygens (including phenoxy) is 2. The van der Waals surface area contributed by atoms with Crippen molar-refractivity contribution in [1.82, 2.24) is 0 Å². The fraction of sp³-hybridized carbons (Fsp3) is 0.421. The minimum atomic E-state index is -4.87. The molecular formula is C19H16ClF7O3. The molecule has 0 aliphatic heterocycles. The van der Waals surface area contributed by atoms with Gasteiger partial charge in [-0.3, -0.25) is 4.79 Å². The fourth-order valence-electron chi connectivity index (χ4n) is 2.95. The van der Waals surface area contributed by atoms with Gasteiger partial charge in [-0.05, 0) is 23.5 Å². The number of alkyl halides is 5. The van der Waals surface area contributed by atoms with E-state index in [0.29, 0.717) is 18.2 Å². The van der Waals surface area contributed by atoms with E-state index in [2.05, 4.69) is 11.3 Å². The topological polar surface area (TPSA) is 35.5 Å². The maximum absolute atomic E-state index is 14.3. The molecule has 2 unspecified atom stereocenters. The highest BCUT2D eigenvalue weighted by atomic mass is 35.5. The second-order valence-electron chi connectivity index (χ2n) is 7.11. The van der Waals surface area contributed by atoms with E-state index in [0.717, 1.165) is 0 Å². The number of hydrogen-bond donors (Lipinski definition) is 0. The molecule has 1 saturated carbocycles. The normalized spacial score (nSPS) is 21.2. The summed E-state index contributed by atoms with van der Waals surface area (Å²) in [4.78, 5) is 12.1. The second kappa shape index (κ2) is 8.13. The molecule has 0 spiro atoms. The van der Waals surface area contributed by atoms with Crippen molar-refractivity contribution in [3.63, 3.8) is 0 Å². The van der Waals surface area contributed by atoms with Crippen LogP contribution in [0.5, 0.6) is 5.75 Å².